The van der Waals surface area contributed by atoms with Crippen molar-refractivity contribution in [3.05, 3.63) is 70.5 Å². The second kappa shape index (κ2) is 10.4. The van der Waals surface area contributed by atoms with Gasteiger partial charge in [-0.2, -0.15) is 0 Å². The van der Waals surface area contributed by atoms with E-state index in [4.69, 9.17) is 13.9 Å². The lowest BCUT2D eigenvalue weighted by atomic mass is 10.1. The molecule has 33 heavy (non-hydrogen) atoms. The Balaban J connectivity index is 1.37. The summed E-state index contributed by atoms with van der Waals surface area (Å²) in [7, 11) is 0. The molecule has 0 aliphatic heterocycles. The lowest BCUT2D eigenvalue weighted by Crippen LogP contribution is -2.22. The van der Waals surface area contributed by atoms with E-state index in [-0.39, 0.29) is 6.61 Å². The first-order valence-corrected chi connectivity index (χ1v) is 11.6. The van der Waals surface area contributed by atoms with E-state index in [1.54, 1.807) is 43.5 Å². The minimum absolute atomic E-state index is 0.247. The van der Waals surface area contributed by atoms with Gasteiger partial charge in [0.2, 0.25) is 0 Å². The lowest BCUT2D eigenvalue weighted by Gasteiger charge is -2.11. The maximum Gasteiger partial charge on any atom is 0.341 e. The van der Waals surface area contributed by atoms with Gasteiger partial charge in [0.05, 0.1) is 30.5 Å². The fourth-order valence-electron chi connectivity index (χ4n) is 3.35. The standard InChI is InChI=1S/C24H24N2O6S/c1-2-30-24(29)21-18(15-9-10-15)14-33-22(21)26-20(27)13-32-23(28)17-7-3-4-8-19(17)25-12-16-6-5-11-31-16/h3-8,11,14-15,25H,2,9-10,12-13H2,1H3,(H,26,27). The van der Waals surface area contributed by atoms with Gasteiger partial charge >= 0.3 is 11.9 Å². The smallest absolute Gasteiger partial charge is 0.341 e. The molecule has 4 rings (SSSR count). The molecule has 0 radical (unpaired) electrons. The molecule has 0 saturated heterocycles. The molecule has 0 spiro atoms. The van der Waals surface area contributed by atoms with Crippen LogP contribution in [0.1, 0.15) is 57.7 Å². The Bertz CT molecular complexity index is 1130. The van der Waals surface area contributed by atoms with Crippen molar-refractivity contribution in [3.63, 3.8) is 0 Å². The van der Waals surface area contributed by atoms with E-state index in [1.807, 2.05) is 11.4 Å². The topological polar surface area (TPSA) is 107 Å². The zero-order chi connectivity index (χ0) is 23.2. The normalized spacial score (nSPS) is 12.8. The molecular weight excluding hydrogens is 444 g/mol. The van der Waals surface area contributed by atoms with Crippen LogP contribution in [-0.4, -0.2) is 31.1 Å². The fourth-order valence-corrected chi connectivity index (χ4v) is 4.40. The maximum atomic E-state index is 12.6. The Labute approximate surface area is 194 Å². The zero-order valence-corrected chi connectivity index (χ0v) is 18.9. The molecule has 0 bridgehead atoms. The van der Waals surface area contributed by atoms with Gasteiger partial charge in [0.25, 0.3) is 5.91 Å². The molecule has 2 heterocycles. The number of furan rings is 1. The van der Waals surface area contributed by atoms with Crippen molar-refractivity contribution in [2.75, 3.05) is 23.8 Å². The molecule has 172 valence electrons. The molecule has 1 aliphatic carbocycles. The van der Waals surface area contributed by atoms with Crippen LogP contribution in [0.3, 0.4) is 0 Å². The van der Waals surface area contributed by atoms with E-state index in [2.05, 4.69) is 10.6 Å². The number of nitrogens with one attached hydrogen (secondary N) is 2. The number of carbonyl (C=O) groups excluding carboxylic acids is 3. The number of hydrogen-bond donors (Lipinski definition) is 2. The van der Waals surface area contributed by atoms with E-state index < -0.39 is 24.5 Å². The molecule has 0 unspecified atom stereocenters. The SMILES string of the molecule is CCOC(=O)c1c(C2CC2)csc1NC(=O)COC(=O)c1ccccc1NCc1ccco1. The maximum absolute atomic E-state index is 12.6. The van der Waals surface area contributed by atoms with Crippen LogP contribution in [0.25, 0.3) is 0 Å². The molecule has 1 fully saturated rings. The van der Waals surface area contributed by atoms with E-state index in [9.17, 15) is 14.4 Å². The van der Waals surface area contributed by atoms with Crippen molar-refractivity contribution in [1.82, 2.24) is 0 Å². The molecule has 2 aromatic heterocycles. The van der Waals surface area contributed by atoms with Crippen molar-refractivity contribution < 1.29 is 28.3 Å². The fraction of sp³-hybridized carbons (Fsp3) is 0.292. The predicted octanol–water partition coefficient (Wildman–Crippen LogP) is 4.80. The number of benzene rings is 1. The van der Waals surface area contributed by atoms with Crippen molar-refractivity contribution in [2.24, 2.45) is 0 Å². The van der Waals surface area contributed by atoms with Gasteiger partial charge in [0.15, 0.2) is 6.61 Å². The lowest BCUT2D eigenvalue weighted by molar-refractivity contribution is -0.119. The van der Waals surface area contributed by atoms with Crippen molar-refractivity contribution in [2.45, 2.75) is 32.2 Å². The second-order valence-corrected chi connectivity index (χ2v) is 8.37. The van der Waals surface area contributed by atoms with Gasteiger partial charge in [-0.15, -0.1) is 11.3 Å². The van der Waals surface area contributed by atoms with Gasteiger partial charge in [-0.25, -0.2) is 9.59 Å². The summed E-state index contributed by atoms with van der Waals surface area (Å²) in [5, 5.41) is 8.12. The molecule has 2 N–H and O–H groups in total. The third-order valence-electron chi connectivity index (χ3n) is 5.08. The van der Waals surface area contributed by atoms with Crippen LogP contribution >= 0.6 is 11.3 Å². The summed E-state index contributed by atoms with van der Waals surface area (Å²) in [4.78, 5) is 37.5. The molecule has 0 atom stereocenters. The summed E-state index contributed by atoms with van der Waals surface area (Å²) in [6.07, 6.45) is 3.60. The van der Waals surface area contributed by atoms with Crippen LogP contribution in [0, 0.1) is 0 Å². The number of rotatable bonds is 10. The summed E-state index contributed by atoms with van der Waals surface area (Å²) in [6, 6.07) is 10.5. The molecule has 1 amide bonds. The number of hydrogen-bond acceptors (Lipinski definition) is 8. The van der Waals surface area contributed by atoms with Crippen molar-refractivity contribution in [1.29, 1.82) is 0 Å². The highest BCUT2D eigenvalue weighted by Crippen LogP contribution is 2.46. The molecule has 1 aromatic carbocycles. The Morgan fingerprint density at radius 3 is 2.64 bits per heavy atom. The largest absolute Gasteiger partial charge is 0.467 e. The monoisotopic (exact) mass is 468 g/mol. The second-order valence-electron chi connectivity index (χ2n) is 7.49. The Kier molecular flexibility index (Phi) is 7.09. The van der Waals surface area contributed by atoms with Gasteiger partial charge in [0.1, 0.15) is 10.8 Å². The summed E-state index contributed by atoms with van der Waals surface area (Å²) >= 11 is 1.27. The van der Waals surface area contributed by atoms with Crippen LogP contribution < -0.4 is 10.6 Å². The Hall–Kier alpha value is -3.59. The first-order valence-electron chi connectivity index (χ1n) is 10.7. The number of anilines is 2. The van der Waals surface area contributed by atoms with Gasteiger partial charge in [-0.05, 0) is 60.9 Å². The van der Waals surface area contributed by atoms with Gasteiger partial charge in [-0.1, -0.05) is 12.1 Å². The molecule has 3 aromatic rings. The molecule has 8 nitrogen and oxygen atoms in total. The van der Waals surface area contributed by atoms with E-state index >= 15 is 0 Å². The van der Waals surface area contributed by atoms with Crippen LogP contribution in [0.2, 0.25) is 0 Å². The van der Waals surface area contributed by atoms with Gasteiger partial charge in [0, 0.05) is 5.69 Å². The van der Waals surface area contributed by atoms with Crippen LogP contribution in [0.4, 0.5) is 10.7 Å². The summed E-state index contributed by atoms with van der Waals surface area (Å²) in [5.74, 6) is -0.572. The highest BCUT2D eigenvalue weighted by Gasteiger charge is 2.32. The van der Waals surface area contributed by atoms with E-state index in [0.717, 1.165) is 24.2 Å². The molecular formula is C24H24N2O6S. The number of para-hydroxylation sites is 1. The minimum atomic E-state index is -0.636. The zero-order valence-electron chi connectivity index (χ0n) is 18.1. The summed E-state index contributed by atoms with van der Waals surface area (Å²) in [5.41, 5.74) is 2.17. The molecule has 1 saturated carbocycles. The molecule has 1 aliphatic rings. The van der Waals surface area contributed by atoms with Crippen molar-refractivity contribution in [3.8, 4) is 0 Å². The van der Waals surface area contributed by atoms with Gasteiger partial charge in [-0.3, -0.25) is 4.79 Å². The molecule has 9 heteroatoms. The average molecular weight is 469 g/mol. The highest BCUT2D eigenvalue weighted by atomic mass is 32.1. The summed E-state index contributed by atoms with van der Waals surface area (Å²) in [6.45, 7) is 1.90. The number of amides is 1. The number of carbonyl (C=O) groups is 3. The van der Waals surface area contributed by atoms with Crippen LogP contribution in [0.5, 0.6) is 0 Å². The Morgan fingerprint density at radius 1 is 1.09 bits per heavy atom. The van der Waals surface area contributed by atoms with E-state index in [1.165, 1.54) is 11.3 Å². The van der Waals surface area contributed by atoms with Gasteiger partial charge < -0.3 is 24.5 Å². The number of ether oxygens (including phenoxy) is 2. The van der Waals surface area contributed by atoms with Crippen LogP contribution in [0.15, 0.2) is 52.5 Å². The first-order chi connectivity index (χ1) is 16.1. The third kappa shape index (κ3) is 5.61. The number of esters is 2. The first kappa shape index (κ1) is 22.6. The predicted molar refractivity (Wildman–Crippen MR) is 124 cm³/mol. The van der Waals surface area contributed by atoms with E-state index in [0.29, 0.717) is 34.3 Å². The Morgan fingerprint density at radius 2 is 1.91 bits per heavy atom. The van der Waals surface area contributed by atoms with Crippen molar-refractivity contribution >= 4 is 39.9 Å². The number of thiophene rings is 1. The third-order valence-corrected chi connectivity index (χ3v) is 6.00. The quantitative estimate of drug-likeness (QED) is 0.412. The highest BCUT2D eigenvalue weighted by molar-refractivity contribution is 7.15. The average Bonchev–Trinajstić information content (AvgIpc) is 3.36. The summed E-state index contributed by atoms with van der Waals surface area (Å²) < 4.78 is 15.7. The minimum Gasteiger partial charge on any atom is -0.467 e. The van der Waals surface area contributed by atoms with Crippen LogP contribution in [-0.2, 0) is 20.8 Å².